The molecule has 1 aromatic rings. The zero-order chi connectivity index (χ0) is 13.3. The van der Waals surface area contributed by atoms with E-state index in [-0.39, 0.29) is 10.0 Å². The molecule has 0 bridgehead atoms. The molecule has 96 valence electrons. The second kappa shape index (κ2) is 5.06. The number of carbonyl (C=O) groups is 2. The fourth-order valence-corrected chi connectivity index (χ4v) is 2.50. The maximum absolute atomic E-state index is 13.8. The van der Waals surface area contributed by atoms with Gasteiger partial charge in [0, 0.05) is 6.54 Å². The number of carbonyl (C=O) groups excluding carboxylic acids is 2. The highest BCUT2D eigenvalue weighted by Gasteiger charge is 2.34. The molecule has 1 atom stereocenters. The molecule has 2 N–H and O–H groups in total. The lowest BCUT2D eigenvalue weighted by atomic mass is 10.1. The van der Waals surface area contributed by atoms with Crippen molar-refractivity contribution in [3.05, 3.63) is 34.1 Å². The van der Waals surface area contributed by atoms with E-state index in [2.05, 4.69) is 15.9 Å². The fraction of sp³-hybridized carbons (Fsp3) is 0.333. The van der Waals surface area contributed by atoms with Crippen LogP contribution in [0.3, 0.4) is 0 Å². The molecule has 6 heteroatoms. The van der Waals surface area contributed by atoms with Gasteiger partial charge in [-0.1, -0.05) is 6.07 Å². The van der Waals surface area contributed by atoms with E-state index in [0.29, 0.717) is 19.4 Å². The van der Waals surface area contributed by atoms with Crippen LogP contribution in [0, 0.1) is 5.82 Å². The number of rotatable bonds is 2. The number of primary amides is 1. The molecule has 0 saturated carbocycles. The van der Waals surface area contributed by atoms with Gasteiger partial charge in [0.2, 0.25) is 5.91 Å². The number of benzene rings is 1. The van der Waals surface area contributed by atoms with E-state index in [1.165, 1.54) is 17.0 Å². The lowest BCUT2D eigenvalue weighted by Gasteiger charge is -2.22. The molecule has 1 saturated heterocycles. The molecule has 4 nitrogen and oxygen atoms in total. The van der Waals surface area contributed by atoms with Gasteiger partial charge in [0.1, 0.15) is 11.9 Å². The van der Waals surface area contributed by atoms with Gasteiger partial charge in [-0.05, 0) is 40.9 Å². The minimum absolute atomic E-state index is 0.0440. The summed E-state index contributed by atoms with van der Waals surface area (Å²) in [6, 6.07) is 3.87. The average molecular weight is 315 g/mol. The van der Waals surface area contributed by atoms with E-state index in [9.17, 15) is 14.0 Å². The van der Waals surface area contributed by atoms with Gasteiger partial charge in [-0.2, -0.15) is 0 Å². The Hall–Kier alpha value is -1.43. The Kier molecular flexibility index (Phi) is 3.65. The van der Waals surface area contributed by atoms with Crippen molar-refractivity contribution in [3.8, 4) is 0 Å². The Balaban J connectivity index is 2.31. The van der Waals surface area contributed by atoms with E-state index in [4.69, 9.17) is 5.73 Å². The lowest BCUT2D eigenvalue weighted by molar-refractivity contribution is -0.121. The van der Waals surface area contributed by atoms with Crippen LogP contribution in [-0.2, 0) is 4.79 Å². The molecule has 2 amide bonds. The highest BCUT2D eigenvalue weighted by atomic mass is 79.9. The Morgan fingerprint density at radius 1 is 1.44 bits per heavy atom. The second-order valence-corrected chi connectivity index (χ2v) is 5.01. The fourth-order valence-electron chi connectivity index (χ4n) is 2.13. The zero-order valence-corrected chi connectivity index (χ0v) is 11.1. The van der Waals surface area contributed by atoms with Crippen molar-refractivity contribution in [3.63, 3.8) is 0 Å². The molecule has 1 aromatic carbocycles. The quantitative estimate of drug-likeness (QED) is 0.902. The summed E-state index contributed by atoms with van der Waals surface area (Å²) in [5, 5.41) is 0. The van der Waals surface area contributed by atoms with Crippen LogP contribution in [0.5, 0.6) is 0 Å². The van der Waals surface area contributed by atoms with Crippen LogP contribution in [0.1, 0.15) is 23.2 Å². The predicted octanol–water partition coefficient (Wildman–Crippen LogP) is 1.68. The van der Waals surface area contributed by atoms with Crippen molar-refractivity contribution in [1.82, 2.24) is 4.90 Å². The Morgan fingerprint density at radius 3 is 2.83 bits per heavy atom. The molecule has 2 rings (SSSR count). The number of hydrogen-bond donors (Lipinski definition) is 1. The van der Waals surface area contributed by atoms with E-state index in [1.54, 1.807) is 6.07 Å². The summed E-state index contributed by atoms with van der Waals surface area (Å²) in [6.45, 7) is 0.429. The van der Waals surface area contributed by atoms with Crippen molar-refractivity contribution >= 4 is 27.7 Å². The van der Waals surface area contributed by atoms with Crippen molar-refractivity contribution in [2.24, 2.45) is 5.73 Å². The van der Waals surface area contributed by atoms with Gasteiger partial charge < -0.3 is 10.6 Å². The minimum Gasteiger partial charge on any atom is -0.368 e. The molecule has 0 aliphatic carbocycles. The Morgan fingerprint density at radius 2 is 2.17 bits per heavy atom. The molecular weight excluding hydrogens is 303 g/mol. The van der Waals surface area contributed by atoms with Gasteiger partial charge in [-0.25, -0.2) is 4.39 Å². The van der Waals surface area contributed by atoms with Crippen LogP contribution in [-0.4, -0.2) is 29.3 Å². The van der Waals surface area contributed by atoms with Crippen LogP contribution in [0.25, 0.3) is 0 Å². The first kappa shape index (κ1) is 13.0. The number of amides is 2. The molecule has 18 heavy (non-hydrogen) atoms. The highest BCUT2D eigenvalue weighted by Crippen LogP contribution is 2.24. The molecular formula is C12H12BrFN2O2. The van der Waals surface area contributed by atoms with Crippen molar-refractivity contribution in [1.29, 1.82) is 0 Å². The molecule has 1 aliphatic rings. The maximum atomic E-state index is 13.8. The van der Waals surface area contributed by atoms with E-state index >= 15 is 0 Å². The van der Waals surface area contributed by atoms with E-state index < -0.39 is 23.7 Å². The van der Waals surface area contributed by atoms with Gasteiger partial charge in [0.15, 0.2) is 0 Å². The topological polar surface area (TPSA) is 63.4 Å². The standard InChI is InChI=1S/C12H12BrFN2O2/c13-8-4-1-3-7(10(8)14)12(18)16-6-2-5-9(16)11(15)17/h1,3-4,9H,2,5-6H2,(H2,15,17). The van der Waals surface area contributed by atoms with Gasteiger partial charge in [0.25, 0.3) is 5.91 Å². The van der Waals surface area contributed by atoms with E-state index in [0.717, 1.165) is 0 Å². The van der Waals surface area contributed by atoms with Gasteiger partial charge >= 0.3 is 0 Å². The normalized spacial score (nSPS) is 19.0. The Bertz CT molecular complexity index is 507. The first-order valence-electron chi connectivity index (χ1n) is 5.56. The summed E-state index contributed by atoms with van der Waals surface area (Å²) in [6.07, 6.45) is 1.24. The summed E-state index contributed by atoms with van der Waals surface area (Å²) in [4.78, 5) is 24.8. The number of nitrogens with zero attached hydrogens (tertiary/aromatic N) is 1. The van der Waals surface area contributed by atoms with Gasteiger partial charge in [-0.15, -0.1) is 0 Å². The molecule has 1 unspecified atom stereocenters. The molecule has 0 spiro atoms. The first-order valence-corrected chi connectivity index (χ1v) is 6.36. The molecule has 1 aliphatic heterocycles. The largest absolute Gasteiger partial charge is 0.368 e. The van der Waals surface area contributed by atoms with Crippen LogP contribution < -0.4 is 5.73 Å². The molecule has 1 fully saturated rings. The summed E-state index contributed by atoms with van der Waals surface area (Å²) >= 11 is 3.03. The summed E-state index contributed by atoms with van der Waals surface area (Å²) in [5.41, 5.74) is 5.19. The number of hydrogen-bond acceptors (Lipinski definition) is 2. The van der Waals surface area contributed by atoms with Crippen LogP contribution >= 0.6 is 15.9 Å². The molecule has 1 heterocycles. The third-order valence-electron chi connectivity index (χ3n) is 3.02. The average Bonchev–Trinajstić information content (AvgIpc) is 2.81. The van der Waals surface area contributed by atoms with Crippen molar-refractivity contribution in [2.45, 2.75) is 18.9 Å². The first-order chi connectivity index (χ1) is 8.52. The van der Waals surface area contributed by atoms with Crippen LogP contribution in [0.4, 0.5) is 4.39 Å². The van der Waals surface area contributed by atoms with Crippen LogP contribution in [0.15, 0.2) is 22.7 Å². The summed E-state index contributed by atoms with van der Waals surface area (Å²) < 4.78 is 14.0. The van der Waals surface area contributed by atoms with Crippen molar-refractivity contribution in [2.75, 3.05) is 6.54 Å². The Labute approximate surface area is 112 Å². The zero-order valence-electron chi connectivity index (χ0n) is 9.53. The minimum atomic E-state index is -0.629. The number of halogens is 2. The molecule has 0 radical (unpaired) electrons. The molecule has 0 aromatic heterocycles. The lowest BCUT2D eigenvalue weighted by Crippen LogP contribution is -2.43. The smallest absolute Gasteiger partial charge is 0.257 e. The third-order valence-corrected chi connectivity index (χ3v) is 3.64. The predicted molar refractivity (Wildman–Crippen MR) is 67.4 cm³/mol. The third kappa shape index (κ3) is 2.25. The monoisotopic (exact) mass is 314 g/mol. The SMILES string of the molecule is NC(=O)C1CCCN1C(=O)c1cccc(Br)c1F. The maximum Gasteiger partial charge on any atom is 0.257 e. The van der Waals surface area contributed by atoms with E-state index in [1.807, 2.05) is 0 Å². The second-order valence-electron chi connectivity index (χ2n) is 4.16. The highest BCUT2D eigenvalue weighted by molar-refractivity contribution is 9.10. The van der Waals surface area contributed by atoms with Gasteiger partial charge in [0.05, 0.1) is 10.0 Å². The van der Waals surface area contributed by atoms with Gasteiger partial charge in [-0.3, -0.25) is 9.59 Å². The summed E-state index contributed by atoms with van der Waals surface area (Å²) in [5.74, 6) is -1.65. The number of nitrogens with two attached hydrogens (primary N) is 1. The van der Waals surface area contributed by atoms with Crippen LogP contribution in [0.2, 0.25) is 0 Å². The number of likely N-dealkylation sites (tertiary alicyclic amines) is 1. The van der Waals surface area contributed by atoms with Crippen molar-refractivity contribution < 1.29 is 14.0 Å². The summed E-state index contributed by atoms with van der Waals surface area (Å²) in [7, 11) is 0.